The van der Waals surface area contributed by atoms with Crippen molar-refractivity contribution in [2.24, 2.45) is 0 Å². The van der Waals surface area contributed by atoms with Crippen LogP contribution in [0.3, 0.4) is 0 Å². The number of pyridine rings is 1. The van der Waals surface area contributed by atoms with Gasteiger partial charge in [0.05, 0.1) is 5.25 Å². The lowest BCUT2D eigenvalue weighted by molar-refractivity contribution is 0.194. The molecule has 0 radical (unpaired) electrons. The first-order valence-electron chi connectivity index (χ1n) is 7.26. The molecular formula is C14H21N3O2S. The number of hydrogen-bond donors (Lipinski definition) is 1. The van der Waals surface area contributed by atoms with E-state index in [-0.39, 0.29) is 11.3 Å². The second-order valence-electron chi connectivity index (χ2n) is 5.79. The highest BCUT2D eigenvalue weighted by Gasteiger charge is 2.37. The van der Waals surface area contributed by atoms with E-state index in [2.05, 4.69) is 14.6 Å². The average Bonchev–Trinajstić information content (AvgIpc) is 3.24. The van der Waals surface area contributed by atoms with Crippen molar-refractivity contribution in [1.82, 2.24) is 14.6 Å². The maximum atomic E-state index is 12.0. The summed E-state index contributed by atoms with van der Waals surface area (Å²) in [4.78, 5) is 6.34. The molecule has 6 heteroatoms. The van der Waals surface area contributed by atoms with Crippen LogP contribution in [0.25, 0.3) is 0 Å². The average molecular weight is 295 g/mol. The van der Waals surface area contributed by atoms with Crippen LogP contribution in [-0.4, -0.2) is 42.7 Å². The molecule has 1 N–H and O–H groups in total. The minimum Gasteiger partial charge on any atom is -0.297 e. The highest BCUT2D eigenvalue weighted by atomic mass is 32.2. The Bertz CT molecular complexity index is 543. The summed E-state index contributed by atoms with van der Waals surface area (Å²) in [5.41, 5.74) is 1.23. The maximum absolute atomic E-state index is 12.0. The van der Waals surface area contributed by atoms with E-state index in [0.29, 0.717) is 0 Å². The predicted molar refractivity (Wildman–Crippen MR) is 77.6 cm³/mol. The molecular weight excluding hydrogens is 274 g/mol. The van der Waals surface area contributed by atoms with Crippen LogP contribution < -0.4 is 4.72 Å². The molecule has 0 aromatic carbocycles. The van der Waals surface area contributed by atoms with Crippen LogP contribution >= 0.6 is 0 Å². The Hall–Kier alpha value is -0.980. The second kappa shape index (κ2) is 5.79. The van der Waals surface area contributed by atoms with Crippen molar-refractivity contribution in [3.8, 4) is 0 Å². The summed E-state index contributed by atoms with van der Waals surface area (Å²) in [5, 5.41) is -0.127. The van der Waals surface area contributed by atoms with E-state index in [1.54, 1.807) is 12.4 Å². The number of sulfonamides is 1. The normalized spacial score (nSPS) is 24.7. The quantitative estimate of drug-likeness (QED) is 0.884. The van der Waals surface area contributed by atoms with E-state index in [9.17, 15) is 8.42 Å². The van der Waals surface area contributed by atoms with Crippen LogP contribution in [0.2, 0.25) is 0 Å². The van der Waals surface area contributed by atoms with Gasteiger partial charge in [-0.15, -0.1) is 0 Å². The smallest absolute Gasteiger partial charge is 0.214 e. The van der Waals surface area contributed by atoms with Crippen molar-refractivity contribution in [1.29, 1.82) is 0 Å². The van der Waals surface area contributed by atoms with Crippen LogP contribution in [0, 0.1) is 0 Å². The molecule has 1 aromatic heterocycles. The third-order valence-electron chi connectivity index (χ3n) is 3.96. The van der Waals surface area contributed by atoms with Gasteiger partial charge in [-0.2, -0.15) is 0 Å². The zero-order chi connectivity index (χ0) is 14.0. The Morgan fingerprint density at radius 3 is 2.70 bits per heavy atom. The fourth-order valence-electron chi connectivity index (χ4n) is 2.75. The summed E-state index contributed by atoms with van der Waals surface area (Å²) in [6.07, 6.45) is 7.23. The minimum absolute atomic E-state index is 0.0659. The van der Waals surface area contributed by atoms with E-state index >= 15 is 0 Å². The first-order valence-corrected chi connectivity index (χ1v) is 8.80. The van der Waals surface area contributed by atoms with Crippen LogP contribution in [0.4, 0.5) is 0 Å². The Morgan fingerprint density at radius 1 is 1.25 bits per heavy atom. The molecule has 20 heavy (non-hydrogen) atoms. The first-order chi connectivity index (χ1) is 9.63. The molecule has 1 aliphatic heterocycles. The molecule has 110 valence electrons. The van der Waals surface area contributed by atoms with Crippen LogP contribution in [0.1, 0.15) is 31.2 Å². The van der Waals surface area contributed by atoms with Gasteiger partial charge in [0.1, 0.15) is 0 Å². The molecule has 5 nitrogen and oxygen atoms in total. The van der Waals surface area contributed by atoms with Crippen LogP contribution in [-0.2, 0) is 16.6 Å². The molecule has 2 aliphatic rings. The van der Waals surface area contributed by atoms with Gasteiger partial charge in [-0.25, -0.2) is 13.1 Å². The van der Waals surface area contributed by atoms with Gasteiger partial charge in [0, 0.05) is 31.5 Å². The van der Waals surface area contributed by atoms with Gasteiger partial charge >= 0.3 is 0 Å². The summed E-state index contributed by atoms with van der Waals surface area (Å²) in [7, 11) is -3.07. The largest absolute Gasteiger partial charge is 0.297 e. The van der Waals surface area contributed by atoms with Gasteiger partial charge in [0.25, 0.3) is 0 Å². The molecule has 1 aliphatic carbocycles. The van der Waals surface area contributed by atoms with E-state index in [0.717, 1.165) is 45.3 Å². The van der Waals surface area contributed by atoms with Crippen LogP contribution in [0.15, 0.2) is 24.5 Å². The lowest BCUT2D eigenvalue weighted by Crippen LogP contribution is -2.48. The van der Waals surface area contributed by atoms with Gasteiger partial charge in [0.2, 0.25) is 10.0 Å². The summed E-state index contributed by atoms with van der Waals surface area (Å²) in [5.74, 6) is 0. The number of aromatic nitrogens is 1. The third kappa shape index (κ3) is 3.56. The number of likely N-dealkylation sites (tertiary alicyclic amines) is 1. The molecule has 1 saturated carbocycles. The lowest BCUT2D eigenvalue weighted by Gasteiger charge is -2.33. The van der Waals surface area contributed by atoms with Crippen LogP contribution in [0.5, 0.6) is 0 Å². The number of piperidine rings is 1. The summed E-state index contributed by atoms with van der Waals surface area (Å²) < 4.78 is 26.9. The molecule has 1 saturated heterocycles. The molecule has 3 rings (SSSR count). The SMILES string of the molecule is O=S(=O)(NC1CCCN(Cc2ccncc2)C1)C1CC1. The number of hydrogen-bond acceptors (Lipinski definition) is 4. The molecule has 0 amide bonds. The van der Waals surface area contributed by atoms with E-state index in [4.69, 9.17) is 0 Å². The molecule has 0 spiro atoms. The van der Waals surface area contributed by atoms with Crippen molar-refractivity contribution < 1.29 is 8.42 Å². The van der Waals surface area contributed by atoms with E-state index in [1.807, 2.05) is 12.1 Å². The Morgan fingerprint density at radius 2 is 2.00 bits per heavy atom. The van der Waals surface area contributed by atoms with Gasteiger partial charge in [-0.05, 0) is 49.9 Å². The predicted octanol–water partition coefficient (Wildman–Crippen LogP) is 1.13. The third-order valence-corrected chi connectivity index (χ3v) is 5.97. The van der Waals surface area contributed by atoms with E-state index in [1.165, 1.54) is 5.56 Å². The van der Waals surface area contributed by atoms with Crippen molar-refractivity contribution in [3.05, 3.63) is 30.1 Å². The Labute approximate surface area is 120 Å². The number of rotatable bonds is 5. The van der Waals surface area contributed by atoms with Gasteiger partial charge in [-0.3, -0.25) is 9.88 Å². The van der Waals surface area contributed by atoms with Gasteiger partial charge in [-0.1, -0.05) is 0 Å². The summed E-state index contributed by atoms with van der Waals surface area (Å²) in [6, 6.07) is 4.09. The summed E-state index contributed by atoms with van der Waals surface area (Å²) in [6.45, 7) is 2.70. The molecule has 0 bridgehead atoms. The zero-order valence-electron chi connectivity index (χ0n) is 11.5. The number of nitrogens with zero attached hydrogens (tertiary/aromatic N) is 2. The van der Waals surface area contributed by atoms with Crippen molar-refractivity contribution >= 4 is 10.0 Å². The molecule has 1 unspecified atom stereocenters. The number of nitrogens with one attached hydrogen (secondary N) is 1. The maximum Gasteiger partial charge on any atom is 0.214 e. The Balaban J connectivity index is 1.56. The summed E-state index contributed by atoms with van der Waals surface area (Å²) >= 11 is 0. The van der Waals surface area contributed by atoms with E-state index < -0.39 is 10.0 Å². The highest BCUT2D eigenvalue weighted by Crippen LogP contribution is 2.28. The zero-order valence-corrected chi connectivity index (χ0v) is 12.3. The van der Waals surface area contributed by atoms with Crippen molar-refractivity contribution in [2.75, 3.05) is 13.1 Å². The monoisotopic (exact) mass is 295 g/mol. The lowest BCUT2D eigenvalue weighted by atomic mass is 10.1. The fraction of sp³-hybridized carbons (Fsp3) is 0.643. The van der Waals surface area contributed by atoms with Crippen molar-refractivity contribution in [2.45, 2.75) is 43.5 Å². The first kappa shape index (κ1) is 14.0. The van der Waals surface area contributed by atoms with Gasteiger partial charge < -0.3 is 0 Å². The van der Waals surface area contributed by atoms with Gasteiger partial charge in [0.15, 0.2) is 0 Å². The topological polar surface area (TPSA) is 62.3 Å². The molecule has 2 heterocycles. The molecule has 1 atom stereocenters. The second-order valence-corrected chi connectivity index (χ2v) is 7.78. The molecule has 1 aromatic rings. The van der Waals surface area contributed by atoms with Crippen molar-refractivity contribution in [3.63, 3.8) is 0 Å². The minimum atomic E-state index is -3.07. The highest BCUT2D eigenvalue weighted by molar-refractivity contribution is 7.90. The Kier molecular flexibility index (Phi) is 4.05. The molecule has 2 fully saturated rings. The fourth-order valence-corrected chi connectivity index (χ4v) is 4.35. The standard InChI is InChI=1S/C14H21N3O2S/c18-20(19,14-3-4-14)16-13-2-1-9-17(11-13)10-12-5-7-15-8-6-12/h5-8,13-14,16H,1-4,9-11H2.